The van der Waals surface area contributed by atoms with Gasteiger partial charge in [-0.15, -0.1) is 0 Å². The fourth-order valence-corrected chi connectivity index (χ4v) is 0.972. The zero-order valence-electron chi connectivity index (χ0n) is 9.12. The van der Waals surface area contributed by atoms with Crippen molar-refractivity contribution in [2.24, 2.45) is 5.73 Å². The predicted molar refractivity (Wildman–Crippen MR) is 53.9 cm³/mol. The molecule has 0 aliphatic heterocycles. The van der Waals surface area contributed by atoms with Crippen LogP contribution in [0.2, 0.25) is 0 Å². The molecule has 2 amide bonds. The molecule has 15 heavy (non-hydrogen) atoms. The summed E-state index contributed by atoms with van der Waals surface area (Å²) in [6, 6.07) is 0. The molecule has 0 spiro atoms. The van der Waals surface area contributed by atoms with E-state index in [4.69, 9.17) is 15.2 Å². The summed E-state index contributed by atoms with van der Waals surface area (Å²) in [5, 5.41) is 2.62. The highest BCUT2D eigenvalue weighted by molar-refractivity contribution is 5.77. The summed E-state index contributed by atoms with van der Waals surface area (Å²) in [6.07, 6.45) is 0.533. The molecule has 6 heteroatoms. The molecule has 0 radical (unpaired) electrons. The molecule has 0 aliphatic rings. The Morgan fingerprint density at radius 3 is 2.33 bits per heavy atom. The maximum absolute atomic E-state index is 11.2. The largest absolute Gasteiger partial charge is 0.370 e. The van der Waals surface area contributed by atoms with Gasteiger partial charge in [0.15, 0.2) is 6.29 Å². The molecule has 0 heterocycles. The summed E-state index contributed by atoms with van der Waals surface area (Å²) >= 11 is 0. The predicted octanol–water partition coefficient (Wildman–Crippen LogP) is -0.623. The molecule has 0 aromatic heterocycles. The first kappa shape index (κ1) is 13.9. The molecule has 0 bridgehead atoms. The Bertz CT molecular complexity index is 204. The second-order valence-corrected chi connectivity index (χ2v) is 3.02. The average Bonchev–Trinajstić information content (AvgIpc) is 2.18. The molecular formula is C9H18N2O4. The fourth-order valence-electron chi connectivity index (χ4n) is 0.972. The Kier molecular flexibility index (Phi) is 7.57. The van der Waals surface area contributed by atoms with Crippen LogP contribution in [0, 0.1) is 0 Å². The van der Waals surface area contributed by atoms with Gasteiger partial charge in [-0.1, -0.05) is 0 Å². The molecule has 0 saturated carbocycles. The van der Waals surface area contributed by atoms with E-state index in [1.165, 1.54) is 14.2 Å². The van der Waals surface area contributed by atoms with Crippen molar-refractivity contribution >= 4 is 11.8 Å². The van der Waals surface area contributed by atoms with Crippen LogP contribution in [-0.4, -0.2) is 38.9 Å². The molecule has 0 aliphatic carbocycles. The van der Waals surface area contributed by atoms with Gasteiger partial charge >= 0.3 is 0 Å². The van der Waals surface area contributed by atoms with Crippen molar-refractivity contribution in [3.63, 3.8) is 0 Å². The van der Waals surface area contributed by atoms with Crippen LogP contribution in [0.3, 0.4) is 0 Å². The molecule has 0 fully saturated rings. The first-order valence-electron chi connectivity index (χ1n) is 4.70. The standard InChI is InChI=1S/C9H18N2O4/c1-14-9(15-2)6-11-8(13)5-3-4-7(10)12/h9H,3-6H2,1-2H3,(H2,10,12)(H,11,13). The third kappa shape index (κ3) is 7.90. The normalized spacial score (nSPS) is 10.3. The lowest BCUT2D eigenvalue weighted by Gasteiger charge is -2.13. The molecule has 0 atom stereocenters. The number of nitrogens with two attached hydrogens (primary N) is 1. The van der Waals surface area contributed by atoms with E-state index >= 15 is 0 Å². The lowest BCUT2D eigenvalue weighted by Crippen LogP contribution is -2.34. The van der Waals surface area contributed by atoms with Gasteiger partial charge in [0.05, 0.1) is 6.54 Å². The van der Waals surface area contributed by atoms with Crippen molar-refractivity contribution in [2.45, 2.75) is 25.6 Å². The number of primary amides is 1. The van der Waals surface area contributed by atoms with Crippen LogP contribution in [0.25, 0.3) is 0 Å². The number of carbonyl (C=O) groups is 2. The molecule has 0 aromatic carbocycles. The second-order valence-electron chi connectivity index (χ2n) is 3.02. The first-order valence-corrected chi connectivity index (χ1v) is 4.70. The van der Waals surface area contributed by atoms with Gasteiger partial charge in [0, 0.05) is 27.1 Å². The van der Waals surface area contributed by atoms with Crippen LogP contribution in [0.1, 0.15) is 19.3 Å². The molecule has 0 rings (SSSR count). The zero-order valence-corrected chi connectivity index (χ0v) is 9.12. The van der Waals surface area contributed by atoms with Gasteiger partial charge in [-0.25, -0.2) is 0 Å². The molecular weight excluding hydrogens is 200 g/mol. The number of carbonyl (C=O) groups excluding carboxylic acids is 2. The van der Waals surface area contributed by atoms with Gasteiger partial charge in [-0.05, 0) is 6.42 Å². The van der Waals surface area contributed by atoms with Crippen LogP contribution in [0.4, 0.5) is 0 Å². The van der Waals surface area contributed by atoms with Crippen molar-refractivity contribution in [1.82, 2.24) is 5.32 Å². The van der Waals surface area contributed by atoms with Gasteiger partial charge in [-0.3, -0.25) is 9.59 Å². The fraction of sp³-hybridized carbons (Fsp3) is 0.778. The van der Waals surface area contributed by atoms with Crippen LogP contribution >= 0.6 is 0 Å². The maximum atomic E-state index is 11.2. The number of rotatable bonds is 8. The third-order valence-corrected chi connectivity index (χ3v) is 1.82. The van der Waals surface area contributed by atoms with E-state index in [-0.39, 0.29) is 18.7 Å². The number of methoxy groups -OCH3 is 2. The minimum atomic E-state index is -0.440. The van der Waals surface area contributed by atoms with Gasteiger partial charge in [-0.2, -0.15) is 0 Å². The molecule has 0 unspecified atom stereocenters. The lowest BCUT2D eigenvalue weighted by molar-refractivity contribution is -0.127. The summed E-state index contributed by atoms with van der Waals surface area (Å²) in [5.41, 5.74) is 4.93. The number of hydrogen-bond acceptors (Lipinski definition) is 4. The van der Waals surface area contributed by atoms with Gasteiger partial charge < -0.3 is 20.5 Å². The van der Waals surface area contributed by atoms with E-state index in [2.05, 4.69) is 5.32 Å². The van der Waals surface area contributed by atoms with E-state index in [1.807, 2.05) is 0 Å². The Morgan fingerprint density at radius 2 is 1.87 bits per heavy atom. The Morgan fingerprint density at radius 1 is 1.27 bits per heavy atom. The molecule has 88 valence electrons. The lowest BCUT2D eigenvalue weighted by atomic mass is 10.2. The minimum absolute atomic E-state index is 0.143. The van der Waals surface area contributed by atoms with Crippen molar-refractivity contribution in [2.75, 3.05) is 20.8 Å². The smallest absolute Gasteiger partial charge is 0.220 e. The zero-order chi connectivity index (χ0) is 11.7. The van der Waals surface area contributed by atoms with Crippen LogP contribution in [0.5, 0.6) is 0 Å². The van der Waals surface area contributed by atoms with Crippen molar-refractivity contribution in [3.05, 3.63) is 0 Å². The van der Waals surface area contributed by atoms with E-state index in [0.717, 1.165) is 0 Å². The SMILES string of the molecule is COC(CNC(=O)CCCC(N)=O)OC. The van der Waals surface area contributed by atoms with Crippen LogP contribution < -0.4 is 11.1 Å². The van der Waals surface area contributed by atoms with Gasteiger partial charge in [0.1, 0.15) is 0 Å². The minimum Gasteiger partial charge on any atom is -0.370 e. The highest BCUT2D eigenvalue weighted by Crippen LogP contribution is 1.95. The van der Waals surface area contributed by atoms with Gasteiger partial charge in [0.25, 0.3) is 0 Å². The van der Waals surface area contributed by atoms with Crippen LogP contribution in [0.15, 0.2) is 0 Å². The summed E-state index contributed by atoms with van der Waals surface area (Å²) in [6.45, 7) is 0.294. The van der Waals surface area contributed by atoms with Crippen molar-refractivity contribution in [1.29, 1.82) is 0 Å². The number of hydrogen-bond donors (Lipinski definition) is 2. The third-order valence-electron chi connectivity index (χ3n) is 1.82. The summed E-state index contributed by atoms with van der Waals surface area (Å²) < 4.78 is 9.76. The Labute approximate surface area is 89.1 Å². The monoisotopic (exact) mass is 218 g/mol. The van der Waals surface area contributed by atoms with E-state index < -0.39 is 12.2 Å². The summed E-state index contributed by atoms with van der Waals surface area (Å²) in [4.78, 5) is 21.6. The van der Waals surface area contributed by atoms with Crippen LogP contribution in [-0.2, 0) is 19.1 Å². The molecule has 0 aromatic rings. The van der Waals surface area contributed by atoms with E-state index in [1.54, 1.807) is 0 Å². The van der Waals surface area contributed by atoms with E-state index in [0.29, 0.717) is 13.0 Å². The highest BCUT2D eigenvalue weighted by atomic mass is 16.7. The first-order chi connectivity index (χ1) is 7.10. The number of ether oxygens (including phenoxy) is 2. The van der Waals surface area contributed by atoms with Crippen molar-refractivity contribution < 1.29 is 19.1 Å². The highest BCUT2D eigenvalue weighted by Gasteiger charge is 2.07. The van der Waals surface area contributed by atoms with E-state index in [9.17, 15) is 9.59 Å². The Balaban J connectivity index is 3.52. The maximum Gasteiger partial charge on any atom is 0.220 e. The summed E-state index contributed by atoms with van der Waals surface area (Å²) in [5.74, 6) is -0.537. The quantitative estimate of drug-likeness (QED) is 0.531. The average molecular weight is 218 g/mol. The van der Waals surface area contributed by atoms with Crippen molar-refractivity contribution in [3.8, 4) is 0 Å². The second kappa shape index (κ2) is 8.19. The topological polar surface area (TPSA) is 90.6 Å². The van der Waals surface area contributed by atoms with Gasteiger partial charge in [0.2, 0.25) is 11.8 Å². The number of amides is 2. The molecule has 0 saturated heterocycles. The molecule has 3 N–H and O–H groups in total. The molecule has 6 nitrogen and oxygen atoms in total. The number of nitrogens with one attached hydrogen (secondary N) is 1. The summed E-state index contributed by atoms with van der Waals surface area (Å²) in [7, 11) is 2.99. The Hall–Kier alpha value is -1.14.